The van der Waals surface area contributed by atoms with Crippen molar-refractivity contribution < 1.29 is 13.9 Å². The molecule has 1 N–H and O–H groups in total. The Morgan fingerprint density at radius 2 is 2.00 bits per heavy atom. The summed E-state index contributed by atoms with van der Waals surface area (Å²) < 4.78 is 22.2. The fourth-order valence-corrected chi connectivity index (χ4v) is 4.90. The third kappa shape index (κ3) is 4.37. The first-order valence-corrected chi connectivity index (χ1v) is 12.3. The normalized spacial score (nSPS) is 18.1. The van der Waals surface area contributed by atoms with Gasteiger partial charge in [0.05, 0.1) is 18.5 Å². The minimum Gasteiger partial charge on any atom is -0.492 e. The fourth-order valence-electron chi connectivity index (χ4n) is 4.90. The molecule has 1 amide bonds. The van der Waals surface area contributed by atoms with Crippen molar-refractivity contribution in [3.63, 3.8) is 0 Å². The van der Waals surface area contributed by atoms with Crippen molar-refractivity contribution in [2.45, 2.75) is 38.1 Å². The first-order chi connectivity index (χ1) is 18.1. The van der Waals surface area contributed by atoms with E-state index in [9.17, 15) is 9.18 Å². The van der Waals surface area contributed by atoms with Gasteiger partial charge in [-0.3, -0.25) is 14.3 Å². The highest BCUT2D eigenvalue weighted by Crippen LogP contribution is 2.39. The van der Waals surface area contributed by atoms with Crippen molar-refractivity contribution in [3.05, 3.63) is 89.4 Å². The molecule has 0 spiro atoms. The Labute approximate surface area is 213 Å². The molecular weight excluding hydrogens is 471 g/mol. The van der Waals surface area contributed by atoms with E-state index in [1.807, 2.05) is 25.1 Å². The lowest BCUT2D eigenvalue weighted by atomic mass is 9.79. The van der Waals surface area contributed by atoms with E-state index in [4.69, 9.17) is 4.74 Å². The summed E-state index contributed by atoms with van der Waals surface area (Å²) in [5.74, 6) is 1.35. The number of halogens is 1. The van der Waals surface area contributed by atoms with Gasteiger partial charge < -0.3 is 10.1 Å². The second kappa shape index (κ2) is 9.57. The number of para-hydroxylation sites is 1. The molecule has 0 aliphatic heterocycles. The summed E-state index contributed by atoms with van der Waals surface area (Å²) in [7, 11) is 0. The third-order valence-corrected chi connectivity index (χ3v) is 6.84. The molecule has 3 aromatic heterocycles. The van der Waals surface area contributed by atoms with E-state index in [1.165, 1.54) is 6.07 Å². The molecule has 6 rings (SSSR count). The first-order valence-electron chi connectivity index (χ1n) is 12.3. The van der Waals surface area contributed by atoms with E-state index < -0.39 is 0 Å². The Hall–Kier alpha value is -4.40. The lowest BCUT2D eigenvalue weighted by molar-refractivity contribution is -0.118. The third-order valence-electron chi connectivity index (χ3n) is 6.84. The Morgan fingerprint density at radius 3 is 2.76 bits per heavy atom. The zero-order chi connectivity index (χ0) is 25.4. The number of fused-ring (bicyclic) bond motifs is 1. The topological polar surface area (TPSA) is 94.8 Å². The molecule has 0 bridgehead atoms. The molecule has 0 radical (unpaired) electrons. The summed E-state index contributed by atoms with van der Waals surface area (Å²) in [6.45, 7) is 2.45. The van der Waals surface area contributed by atoms with E-state index in [0.29, 0.717) is 54.6 Å². The molecule has 1 saturated carbocycles. The minimum atomic E-state index is -0.373. The summed E-state index contributed by atoms with van der Waals surface area (Å²) in [6, 6.07) is 12.1. The molecule has 4 aromatic rings. The standard InChI is InChI=1S/C28H25FN6O2/c1-2-37-22-7-8-24(31-16-22)27-34-33-26(35(27)25-6-4-3-5-23(25)29)18-13-21(14-18)32-28(36)19-11-17-9-10-30-15-20(17)12-19/h3-10,12,15-16,18,21H,2,11,13-14H2,1H3,(H,32,36). The van der Waals surface area contributed by atoms with Crippen LogP contribution in [0.5, 0.6) is 5.75 Å². The monoisotopic (exact) mass is 496 g/mol. The maximum absolute atomic E-state index is 14.9. The summed E-state index contributed by atoms with van der Waals surface area (Å²) in [6.07, 6.45) is 9.04. The smallest absolute Gasteiger partial charge is 0.247 e. The summed E-state index contributed by atoms with van der Waals surface area (Å²) >= 11 is 0. The maximum Gasteiger partial charge on any atom is 0.247 e. The van der Waals surface area contributed by atoms with Gasteiger partial charge in [-0.25, -0.2) is 9.37 Å². The highest BCUT2D eigenvalue weighted by molar-refractivity contribution is 6.00. The van der Waals surface area contributed by atoms with E-state index >= 15 is 0 Å². The quantitative estimate of drug-likeness (QED) is 0.411. The average molecular weight is 497 g/mol. The number of carbonyl (C=O) groups is 1. The van der Waals surface area contributed by atoms with Gasteiger partial charge in [-0.05, 0) is 67.3 Å². The van der Waals surface area contributed by atoms with Gasteiger partial charge in [-0.15, -0.1) is 10.2 Å². The van der Waals surface area contributed by atoms with Gasteiger partial charge in [-0.1, -0.05) is 12.1 Å². The number of hydrogen-bond acceptors (Lipinski definition) is 6. The number of rotatable bonds is 7. The van der Waals surface area contributed by atoms with E-state index in [-0.39, 0.29) is 23.7 Å². The fraction of sp³-hybridized carbons (Fsp3) is 0.250. The number of nitrogens with one attached hydrogen (secondary N) is 1. The highest BCUT2D eigenvalue weighted by Gasteiger charge is 2.37. The van der Waals surface area contributed by atoms with Crippen LogP contribution in [0.2, 0.25) is 0 Å². The molecule has 0 saturated heterocycles. The van der Waals surface area contributed by atoms with Crippen LogP contribution in [0.25, 0.3) is 23.3 Å². The predicted octanol–water partition coefficient (Wildman–Crippen LogP) is 4.26. The lowest BCUT2D eigenvalue weighted by Crippen LogP contribution is -2.44. The van der Waals surface area contributed by atoms with E-state index in [1.54, 1.807) is 47.4 Å². The number of aromatic nitrogens is 5. The second-order valence-corrected chi connectivity index (χ2v) is 9.24. The Kier molecular flexibility index (Phi) is 5.96. The molecule has 0 unspecified atom stereocenters. The van der Waals surface area contributed by atoms with Crippen LogP contribution in [-0.4, -0.2) is 43.3 Å². The molecule has 1 fully saturated rings. The number of carbonyl (C=O) groups excluding carboxylic acids is 1. The van der Waals surface area contributed by atoms with Crippen LogP contribution in [0.15, 0.2) is 66.6 Å². The SMILES string of the molecule is CCOc1ccc(-c2nnc(C3CC(NC(=O)C4=Cc5cnccc5C4)C3)n2-c2ccccc2F)nc1. The van der Waals surface area contributed by atoms with Crippen molar-refractivity contribution in [2.75, 3.05) is 6.61 Å². The minimum absolute atomic E-state index is 0.0121. The number of ether oxygens (including phenoxy) is 1. The van der Waals surface area contributed by atoms with Gasteiger partial charge in [0.15, 0.2) is 5.82 Å². The second-order valence-electron chi connectivity index (χ2n) is 9.24. The van der Waals surface area contributed by atoms with Gasteiger partial charge >= 0.3 is 0 Å². The Morgan fingerprint density at radius 1 is 1.14 bits per heavy atom. The van der Waals surface area contributed by atoms with E-state index in [2.05, 4.69) is 25.5 Å². The molecule has 186 valence electrons. The highest BCUT2D eigenvalue weighted by atomic mass is 19.1. The zero-order valence-corrected chi connectivity index (χ0v) is 20.3. The van der Waals surface area contributed by atoms with Crippen molar-refractivity contribution in [2.24, 2.45) is 0 Å². The Balaban J connectivity index is 1.22. The molecule has 0 atom stereocenters. The molecule has 8 nitrogen and oxygen atoms in total. The van der Waals surface area contributed by atoms with E-state index in [0.717, 1.165) is 16.7 Å². The number of pyridine rings is 2. The van der Waals surface area contributed by atoms with Crippen LogP contribution in [0.1, 0.15) is 42.6 Å². The van der Waals surface area contributed by atoms with Crippen LogP contribution >= 0.6 is 0 Å². The van der Waals surface area contributed by atoms with Crippen molar-refractivity contribution in [3.8, 4) is 23.0 Å². The Bertz CT molecular complexity index is 1490. The zero-order valence-electron chi connectivity index (χ0n) is 20.3. The predicted molar refractivity (Wildman–Crippen MR) is 136 cm³/mol. The van der Waals surface area contributed by atoms with Gasteiger partial charge in [0.1, 0.15) is 23.1 Å². The maximum atomic E-state index is 14.9. The van der Waals surface area contributed by atoms with Crippen molar-refractivity contribution in [1.29, 1.82) is 0 Å². The van der Waals surface area contributed by atoms with Crippen LogP contribution < -0.4 is 10.1 Å². The molecule has 3 heterocycles. The number of benzene rings is 1. The largest absolute Gasteiger partial charge is 0.492 e. The molecular formula is C28H25FN6O2. The molecule has 37 heavy (non-hydrogen) atoms. The van der Waals surface area contributed by atoms with Gasteiger partial charge in [-0.2, -0.15) is 0 Å². The molecule has 9 heteroatoms. The molecule has 1 aromatic carbocycles. The molecule has 2 aliphatic carbocycles. The average Bonchev–Trinajstić information content (AvgIpc) is 3.52. The van der Waals surface area contributed by atoms with Crippen LogP contribution in [0.3, 0.4) is 0 Å². The molecule has 2 aliphatic rings. The number of hydrogen-bond donors (Lipinski definition) is 1. The van der Waals surface area contributed by atoms with Gasteiger partial charge in [0.25, 0.3) is 0 Å². The van der Waals surface area contributed by atoms with Crippen LogP contribution in [0, 0.1) is 5.82 Å². The van der Waals surface area contributed by atoms with Crippen molar-refractivity contribution >= 4 is 12.0 Å². The summed E-state index contributed by atoms with van der Waals surface area (Å²) in [5.41, 5.74) is 3.78. The van der Waals surface area contributed by atoms with Crippen LogP contribution in [-0.2, 0) is 11.2 Å². The first kappa shape index (κ1) is 23.0. The van der Waals surface area contributed by atoms with Gasteiger partial charge in [0.2, 0.25) is 5.91 Å². The van der Waals surface area contributed by atoms with Gasteiger partial charge in [0, 0.05) is 36.3 Å². The summed E-state index contributed by atoms with van der Waals surface area (Å²) in [5, 5.41) is 12.0. The number of nitrogens with zero attached hydrogens (tertiary/aromatic N) is 5. The summed E-state index contributed by atoms with van der Waals surface area (Å²) in [4.78, 5) is 21.5. The number of amides is 1. The van der Waals surface area contributed by atoms with Crippen LogP contribution in [0.4, 0.5) is 4.39 Å². The van der Waals surface area contributed by atoms with Crippen molar-refractivity contribution in [1.82, 2.24) is 30.0 Å². The lowest BCUT2D eigenvalue weighted by Gasteiger charge is -2.35.